The van der Waals surface area contributed by atoms with Crippen molar-refractivity contribution in [1.29, 1.82) is 0 Å². The number of benzene rings is 2. The summed E-state index contributed by atoms with van der Waals surface area (Å²) in [5.41, 5.74) is 1.75. The van der Waals surface area contributed by atoms with E-state index in [2.05, 4.69) is 0 Å². The minimum atomic E-state index is -0.466. The fourth-order valence-electron chi connectivity index (χ4n) is 2.71. The summed E-state index contributed by atoms with van der Waals surface area (Å²) in [4.78, 5) is 24.3. The van der Waals surface area contributed by atoms with Crippen molar-refractivity contribution in [2.45, 2.75) is 26.9 Å². The lowest BCUT2D eigenvalue weighted by Gasteiger charge is -2.12. The van der Waals surface area contributed by atoms with Gasteiger partial charge in [-0.3, -0.25) is 4.79 Å². The van der Waals surface area contributed by atoms with E-state index >= 15 is 0 Å². The van der Waals surface area contributed by atoms with Crippen LogP contribution >= 0.6 is 23.2 Å². The maximum absolute atomic E-state index is 12.6. The molecule has 0 atom stereocenters. The number of halogens is 2. The topological polar surface area (TPSA) is 61.8 Å². The van der Waals surface area contributed by atoms with Gasteiger partial charge in [0.2, 0.25) is 5.78 Å². The molecule has 2 aromatic carbocycles. The van der Waals surface area contributed by atoms with E-state index in [9.17, 15) is 9.59 Å². The molecule has 7 heteroatoms. The summed E-state index contributed by atoms with van der Waals surface area (Å²) < 4.78 is 16.3. The first-order valence-corrected chi connectivity index (χ1v) is 9.37. The van der Waals surface area contributed by atoms with Crippen LogP contribution in [0.15, 0.2) is 36.1 Å². The van der Waals surface area contributed by atoms with Crippen LogP contribution in [0.5, 0.6) is 11.5 Å². The number of carbonyl (C=O) groups is 2. The van der Waals surface area contributed by atoms with Gasteiger partial charge in [-0.15, -0.1) is 0 Å². The molecule has 0 aromatic heterocycles. The maximum atomic E-state index is 12.6. The van der Waals surface area contributed by atoms with Gasteiger partial charge in [0.15, 0.2) is 12.4 Å². The molecule has 0 unspecified atom stereocenters. The maximum Gasteiger partial charge on any atom is 0.344 e. The predicted octanol–water partition coefficient (Wildman–Crippen LogP) is 5.25. The van der Waals surface area contributed by atoms with E-state index in [1.165, 1.54) is 0 Å². The Balaban J connectivity index is 1.81. The third-order valence-corrected chi connectivity index (χ3v) is 4.73. The van der Waals surface area contributed by atoms with E-state index < -0.39 is 5.97 Å². The van der Waals surface area contributed by atoms with Gasteiger partial charge in [-0.1, -0.05) is 29.3 Å². The zero-order valence-electron chi connectivity index (χ0n) is 15.5. The SMILES string of the molecule is Cc1c(OCC(=O)OC(C)C)ccc2c1O/C(=C\c1ccc(Cl)c(Cl)c1)C2=O. The number of ketones is 1. The Bertz CT molecular complexity index is 979. The van der Waals surface area contributed by atoms with Crippen molar-refractivity contribution in [1.82, 2.24) is 0 Å². The van der Waals surface area contributed by atoms with Crippen molar-refractivity contribution < 1.29 is 23.8 Å². The molecule has 0 bridgehead atoms. The number of rotatable bonds is 5. The number of esters is 1. The number of hydrogen-bond donors (Lipinski definition) is 0. The van der Waals surface area contributed by atoms with Crippen molar-refractivity contribution in [3.05, 3.63) is 62.8 Å². The number of Topliss-reactive ketones (excluding diaryl/α,β-unsaturated/α-hetero) is 1. The molecule has 0 radical (unpaired) electrons. The minimum Gasteiger partial charge on any atom is -0.481 e. The van der Waals surface area contributed by atoms with Gasteiger partial charge in [0.1, 0.15) is 11.5 Å². The number of hydrogen-bond acceptors (Lipinski definition) is 5. The molecule has 1 aliphatic rings. The average molecular weight is 421 g/mol. The van der Waals surface area contributed by atoms with Crippen molar-refractivity contribution in [2.24, 2.45) is 0 Å². The largest absolute Gasteiger partial charge is 0.481 e. The summed E-state index contributed by atoms with van der Waals surface area (Å²) in [6.45, 7) is 5.06. The van der Waals surface area contributed by atoms with Crippen LogP contribution in [-0.2, 0) is 9.53 Å². The van der Waals surface area contributed by atoms with Crippen molar-refractivity contribution >= 4 is 41.0 Å². The summed E-state index contributed by atoms with van der Waals surface area (Å²) in [6, 6.07) is 8.29. The van der Waals surface area contributed by atoms with Crippen LogP contribution in [-0.4, -0.2) is 24.5 Å². The predicted molar refractivity (Wildman–Crippen MR) is 107 cm³/mol. The lowest BCUT2D eigenvalue weighted by Crippen LogP contribution is -2.19. The monoisotopic (exact) mass is 420 g/mol. The molecular formula is C21H18Cl2O5. The van der Waals surface area contributed by atoms with Crippen LogP contribution in [0.4, 0.5) is 0 Å². The second-order valence-electron chi connectivity index (χ2n) is 6.51. The highest BCUT2D eigenvalue weighted by Crippen LogP contribution is 2.39. The third kappa shape index (κ3) is 4.32. The molecular weight excluding hydrogens is 403 g/mol. The number of carbonyl (C=O) groups excluding carboxylic acids is 2. The van der Waals surface area contributed by atoms with Crippen LogP contribution in [0, 0.1) is 6.92 Å². The van der Waals surface area contributed by atoms with E-state index in [1.54, 1.807) is 57.2 Å². The highest BCUT2D eigenvalue weighted by Gasteiger charge is 2.30. The Morgan fingerprint density at radius 2 is 1.93 bits per heavy atom. The van der Waals surface area contributed by atoms with Crippen LogP contribution in [0.3, 0.4) is 0 Å². The summed E-state index contributed by atoms with van der Waals surface area (Å²) >= 11 is 11.9. The first-order valence-electron chi connectivity index (χ1n) is 8.61. The van der Waals surface area contributed by atoms with Crippen LogP contribution < -0.4 is 9.47 Å². The molecule has 28 heavy (non-hydrogen) atoms. The Morgan fingerprint density at radius 3 is 2.61 bits per heavy atom. The molecule has 3 rings (SSSR count). The Hall–Kier alpha value is -2.50. The van der Waals surface area contributed by atoms with Crippen LogP contribution in [0.2, 0.25) is 10.0 Å². The van der Waals surface area contributed by atoms with E-state index in [0.717, 1.165) is 0 Å². The van der Waals surface area contributed by atoms with Crippen LogP contribution in [0.1, 0.15) is 35.3 Å². The molecule has 0 N–H and O–H groups in total. The molecule has 1 heterocycles. The fraction of sp³-hybridized carbons (Fsp3) is 0.238. The average Bonchev–Trinajstić information content (AvgIpc) is 2.94. The molecule has 0 spiro atoms. The molecule has 2 aromatic rings. The molecule has 146 valence electrons. The summed E-state index contributed by atoms with van der Waals surface area (Å²) in [6.07, 6.45) is 1.39. The highest BCUT2D eigenvalue weighted by atomic mass is 35.5. The minimum absolute atomic E-state index is 0.174. The molecule has 0 fully saturated rings. The van der Waals surface area contributed by atoms with Gasteiger partial charge in [-0.25, -0.2) is 4.79 Å². The zero-order valence-corrected chi connectivity index (χ0v) is 17.1. The summed E-state index contributed by atoms with van der Waals surface area (Å²) in [7, 11) is 0. The van der Waals surface area contributed by atoms with Crippen molar-refractivity contribution in [3.8, 4) is 11.5 Å². The summed E-state index contributed by atoms with van der Waals surface area (Å²) in [5, 5.41) is 0.818. The molecule has 0 saturated heterocycles. The molecule has 5 nitrogen and oxygen atoms in total. The molecule has 0 saturated carbocycles. The normalized spacial score (nSPS) is 14.2. The smallest absolute Gasteiger partial charge is 0.344 e. The van der Waals surface area contributed by atoms with Crippen molar-refractivity contribution in [2.75, 3.05) is 6.61 Å². The Morgan fingerprint density at radius 1 is 1.18 bits per heavy atom. The number of fused-ring (bicyclic) bond motifs is 1. The van der Waals surface area contributed by atoms with Gasteiger partial charge in [-0.05, 0) is 56.7 Å². The van der Waals surface area contributed by atoms with Gasteiger partial charge in [0, 0.05) is 5.56 Å². The lowest BCUT2D eigenvalue weighted by atomic mass is 10.1. The van der Waals surface area contributed by atoms with E-state index in [1.807, 2.05) is 0 Å². The van der Waals surface area contributed by atoms with E-state index in [4.69, 9.17) is 37.4 Å². The molecule has 0 aliphatic carbocycles. The van der Waals surface area contributed by atoms with Gasteiger partial charge < -0.3 is 14.2 Å². The second-order valence-corrected chi connectivity index (χ2v) is 7.32. The second kappa shape index (κ2) is 8.25. The van der Waals surface area contributed by atoms with Gasteiger partial charge in [0.05, 0.1) is 21.7 Å². The Kier molecular flexibility index (Phi) is 5.96. The fourth-order valence-corrected chi connectivity index (χ4v) is 3.02. The zero-order chi connectivity index (χ0) is 20.4. The number of allylic oxidation sites excluding steroid dienone is 1. The first kappa shape index (κ1) is 20.2. The number of ether oxygens (including phenoxy) is 3. The van der Waals surface area contributed by atoms with Gasteiger partial charge >= 0.3 is 5.97 Å². The van der Waals surface area contributed by atoms with Crippen LogP contribution in [0.25, 0.3) is 6.08 Å². The Labute approximate surface area is 172 Å². The molecule has 1 aliphatic heterocycles. The summed E-state index contributed by atoms with van der Waals surface area (Å²) in [5.74, 6) is 0.323. The van der Waals surface area contributed by atoms with E-state index in [0.29, 0.717) is 38.2 Å². The first-order chi connectivity index (χ1) is 13.3. The standard InChI is InChI=1S/C21H18Cl2O5/c1-11(2)27-19(24)10-26-17-7-5-14-20(25)18(28-21(14)12(17)3)9-13-4-6-15(22)16(23)8-13/h4-9,11H,10H2,1-3H3/b18-9-. The molecule has 0 amide bonds. The third-order valence-electron chi connectivity index (χ3n) is 3.99. The van der Waals surface area contributed by atoms with E-state index in [-0.39, 0.29) is 24.3 Å². The highest BCUT2D eigenvalue weighted by molar-refractivity contribution is 6.42. The quantitative estimate of drug-likeness (QED) is 0.488. The van der Waals surface area contributed by atoms with Crippen molar-refractivity contribution in [3.63, 3.8) is 0 Å². The van der Waals surface area contributed by atoms with Gasteiger partial charge in [-0.2, -0.15) is 0 Å². The lowest BCUT2D eigenvalue weighted by molar-refractivity contribution is -0.149. The van der Waals surface area contributed by atoms with Gasteiger partial charge in [0.25, 0.3) is 0 Å².